The van der Waals surface area contributed by atoms with Gasteiger partial charge in [-0.15, -0.1) is 0 Å². The van der Waals surface area contributed by atoms with Crippen LogP contribution in [0.1, 0.15) is 18.5 Å². The van der Waals surface area contributed by atoms with Gasteiger partial charge in [0.1, 0.15) is 6.04 Å². The molecular weight excluding hydrogens is 323 g/mol. The minimum atomic E-state index is -0.345. The van der Waals surface area contributed by atoms with Crippen LogP contribution in [0.25, 0.3) is 0 Å². The lowest BCUT2D eigenvalue weighted by Gasteiger charge is -2.36. The Morgan fingerprint density at radius 2 is 2.08 bits per heavy atom. The Morgan fingerprint density at radius 1 is 1.32 bits per heavy atom. The van der Waals surface area contributed by atoms with Gasteiger partial charge in [-0.1, -0.05) is 6.07 Å². The molecule has 1 unspecified atom stereocenters. The molecule has 0 radical (unpaired) electrons. The summed E-state index contributed by atoms with van der Waals surface area (Å²) in [6.07, 6.45) is 3.48. The third kappa shape index (κ3) is 3.99. The Kier molecular flexibility index (Phi) is 5.33. The van der Waals surface area contributed by atoms with Gasteiger partial charge in [-0.2, -0.15) is 5.10 Å². The van der Waals surface area contributed by atoms with Gasteiger partial charge in [0.15, 0.2) is 11.6 Å². The maximum atomic E-state index is 13.8. The molecule has 1 aromatic heterocycles. The van der Waals surface area contributed by atoms with Crippen molar-refractivity contribution >= 4 is 5.91 Å². The summed E-state index contributed by atoms with van der Waals surface area (Å²) < 4.78 is 20.4. The molecule has 2 aromatic rings. The normalized spacial score (nSPS) is 16.7. The van der Waals surface area contributed by atoms with E-state index in [1.165, 1.54) is 13.2 Å². The predicted octanol–water partition coefficient (Wildman–Crippen LogP) is 1.94. The van der Waals surface area contributed by atoms with Crippen molar-refractivity contribution < 1.29 is 13.9 Å². The number of rotatable bonds is 5. The Morgan fingerprint density at radius 3 is 2.68 bits per heavy atom. The average Bonchev–Trinajstić information content (AvgIpc) is 3.16. The van der Waals surface area contributed by atoms with E-state index in [0.29, 0.717) is 19.6 Å². The van der Waals surface area contributed by atoms with Crippen LogP contribution in [0.4, 0.5) is 4.39 Å². The fourth-order valence-electron chi connectivity index (χ4n) is 3.08. The zero-order valence-corrected chi connectivity index (χ0v) is 14.6. The zero-order valence-electron chi connectivity index (χ0n) is 14.6. The summed E-state index contributed by atoms with van der Waals surface area (Å²) in [5, 5.41) is 4.14. The number of carbonyl (C=O) groups is 1. The monoisotopic (exact) mass is 346 g/mol. The van der Waals surface area contributed by atoms with Crippen LogP contribution in [-0.2, 0) is 11.3 Å². The molecule has 1 fully saturated rings. The number of aromatic nitrogens is 2. The fraction of sp³-hybridized carbons (Fsp3) is 0.444. The summed E-state index contributed by atoms with van der Waals surface area (Å²) in [4.78, 5) is 16.7. The highest BCUT2D eigenvalue weighted by Crippen LogP contribution is 2.19. The lowest BCUT2D eigenvalue weighted by Crippen LogP contribution is -2.49. The molecule has 25 heavy (non-hydrogen) atoms. The standard InChI is InChI=1S/C18H23FN4O2/c1-14(23-7-3-6-20-23)18(24)22-10-8-21(9-11-22)13-15-4-5-17(25-2)16(19)12-15/h3-7,12,14H,8-11,13H2,1-2H3. The summed E-state index contributed by atoms with van der Waals surface area (Å²) in [6, 6.07) is 6.55. The van der Waals surface area contributed by atoms with E-state index in [9.17, 15) is 9.18 Å². The highest BCUT2D eigenvalue weighted by Gasteiger charge is 2.26. The van der Waals surface area contributed by atoms with E-state index in [2.05, 4.69) is 10.00 Å². The zero-order chi connectivity index (χ0) is 17.8. The molecule has 1 atom stereocenters. The molecule has 7 heteroatoms. The minimum Gasteiger partial charge on any atom is -0.494 e. The molecule has 1 aliphatic heterocycles. The number of halogens is 1. The van der Waals surface area contributed by atoms with Crippen LogP contribution in [0.5, 0.6) is 5.75 Å². The molecule has 0 N–H and O–H groups in total. The van der Waals surface area contributed by atoms with Crippen LogP contribution < -0.4 is 4.74 Å². The van der Waals surface area contributed by atoms with Crippen molar-refractivity contribution in [2.75, 3.05) is 33.3 Å². The third-order valence-corrected chi connectivity index (χ3v) is 4.59. The highest BCUT2D eigenvalue weighted by atomic mass is 19.1. The fourth-order valence-corrected chi connectivity index (χ4v) is 3.08. The lowest BCUT2D eigenvalue weighted by atomic mass is 10.1. The van der Waals surface area contributed by atoms with Crippen molar-refractivity contribution in [3.8, 4) is 5.75 Å². The summed E-state index contributed by atoms with van der Waals surface area (Å²) in [7, 11) is 1.46. The predicted molar refractivity (Wildman–Crippen MR) is 91.7 cm³/mol. The van der Waals surface area contributed by atoms with Crippen molar-refractivity contribution in [1.82, 2.24) is 19.6 Å². The van der Waals surface area contributed by atoms with Crippen LogP contribution in [0.2, 0.25) is 0 Å². The van der Waals surface area contributed by atoms with Gasteiger partial charge in [0.05, 0.1) is 7.11 Å². The molecule has 0 bridgehead atoms. The molecule has 134 valence electrons. The first kappa shape index (κ1) is 17.4. The van der Waals surface area contributed by atoms with Crippen LogP contribution >= 0.6 is 0 Å². The summed E-state index contributed by atoms with van der Waals surface area (Å²) in [5.74, 6) is -0.00696. The van der Waals surface area contributed by atoms with E-state index < -0.39 is 0 Å². The molecule has 1 aromatic carbocycles. The molecule has 2 heterocycles. The minimum absolute atomic E-state index is 0.0823. The van der Waals surface area contributed by atoms with E-state index in [4.69, 9.17) is 4.74 Å². The van der Waals surface area contributed by atoms with Gasteiger partial charge in [0.25, 0.3) is 0 Å². The second-order valence-electron chi connectivity index (χ2n) is 6.23. The van der Waals surface area contributed by atoms with Gasteiger partial charge in [0, 0.05) is 45.1 Å². The van der Waals surface area contributed by atoms with Gasteiger partial charge >= 0.3 is 0 Å². The summed E-state index contributed by atoms with van der Waals surface area (Å²) in [5.41, 5.74) is 0.906. The van der Waals surface area contributed by atoms with Gasteiger partial charge in [-0.3, -0.25) is 14.4 Å². The van der Waals surface area contributed by atoms with Gasteiger partial charge in [0.2, 0.25) is 5.91 Å². The van der Waals surface area contributed by atoms with Gasteiger partial charge < -0.3 is 9.64 Å². The molecule has 3 rings (SSSR count). The number of benzene rings is 1. The molecule has 1 amide bonds. The number of carbonyl (C=O) groups excluding carboxylic acids is 1. The molecule has 1 saturated heterocycles. The molecule has 6 nitrogen and oxygen atoms in total. The number of hydrogen-bond donors (Lipinski definition) is 0. The van der Waals surface area contributed by atoms with Crippen LogP contribution in [0.15, 0.2) is 36.7 Å². The van der Waals surface area contributed by atoms with Crippen LogP contribution in [0.3, 0.4) is 0 Å². The molecule has 0 aliphatic carbocycles. The quantitative estimate of drug-likeness (QED) is 0.830. The van der Waals surface area contributed by atoms with Crippen LogP contribution in [-0.4, -0.2) is 58.8 Å². The molecule has 0 spiro atoms. The molecule has 0 saturated carbocycles. The molecular formula is C18H23FN4O2. The van der Waals surface area contributed by atoms with Crippen LogP contribution in [0, 0.1) is 5.82 Å². The number of methoxy groups -OCH3 is 1. The first-order valence-electron chi connectivity index (χ1n) is 8.41. The van der Waals surface area contributed by atoms with Crippen molar-refractivity contribution in [2.24, 2.45) is 0 Å². The van der Waals surface area contributed by atoms with E-state index in [1.807, 2.05) is 24.0 Å². The second-order valence-corrected chi connectivity index (χ2v) is 6.23. The Bertz CT molecular complexity index is 712. The summed E-state index contributed by atoms with van der Waals surface area (Å²) in [6.45, 7) is 5.40. The number of ether oxygens (including phenoxy) is 1. The second kappa shape index (κ2) is 7.65. The number of piperazine rings is 1. The smallest absolute Gasteiger partial charge is 0.247 e. The van der Waals surface area contributed by atoms with Gasteiger partial charge in [-0.05, 0) is 30.7 Å². The van der Waals surface area contributed by atoms with E-state index in [-0.39, 0.29) is 23.5 Å². The van der Waals surface area contributed by atoms with Crippen molar-refractivity contribution in [3.05, 3.63) is 48.0 Å². The maximum absolute atomic E-state index is 13.8. The van der Waals surface area contributed by atoms with E-state index in [1.54, 1.807) is 23.1 Å². The molecule has 1 aliphatic rings. The largest absolute Gasteiger partial charge is 0.494 e. The average molecular weight is 346 g/mol. The number of hydrogen-bond acceptors (Lipinski definition) is 4. The van der Waals surface area contributed by atoms with E-state index in [0.717, 1.165) is 18.7 Å². The van der Waals surface area contributed by atoms with Gasteiger partial charge in [-0.25, -0.2) is 4.39 Å². The van der Waals surface area contributed by atoms with Crippen molar-refractivity contribution in [3.63, 3.8) is 0 Å². The third-order valence-electron chi connectivity index (χ3n) is 4.59. The lowest BCUT2D eigenvalue weighted by molar-refractivity contribution is -0.136. The first-order valence-corrected chi connectivity index (χ1v) is 8.41. The first-order chi connectivity index (χ1) is 12.1. The Balaban J connectivity index is 1.53. The maximum Gasteiger partial charge on any atom is 0.247 e. The number of amides is 1. The highest BCUT2D eigenvalue weighted by molar-refractivity contribution is 5.80. The summed E-state index contributed by atoms with van der Waals surface area (Å²) >= 11 is 0. The topological polar surface area (TPSA) is 50.6 Å². The van der Waals surface area contributed by atoms with Crippen molar-refractivity contribution in [2.45, 2.75) is 19.5 Å². The van der Waals surface area contributed by atoms with Crippen molar-refractivity contribution in [1.29, 1.82) is 0 Å². The number of nitrogens with zero attached hydrogens (tertiary/aromatic N) is 4. The Hall–Kier alpha value is -2.41. The van der Waals surface area contributed by atoms with E-state index >= 15 is 0 Å². The Labute approximate surface area is 146 Å². The SMILES string of the molecule is COc1ccc(CN2CCN(C(=O)C(C)n3cccn3)CC2)cc1F.